The predicted molar refractivity (Wildman–Crippen MR) is 41.9 cm³/mol. The summed E-state index contributed by atoms with van der Waals surface area (Å²) in [4.78, 5) is 0. The van der Waals surface area contributed by atoms with Crippen molar-refractivity contribution in [2.24, 2.45) is 5.41 Å². The molecule has 2 heteroatoms. The van der Waals surface area contributed by atoms with Gasteiger partial charge < -0.3 is 9.84 Å². The molecule has 0 spiro atoms. The predicted octanol–water partition coefficient (Wildman–Crippen LogP) is 1.43. The number of aliphatic hydroxyl groups excluding tert-OH is 1. The highest BCUT2D eigenvalue weighted by Crippen LogP contribution is 2.22. The van der Waals surface area contributed by atoms with Crippen LogP contribution in [0.2, 0.25) is 0 Å². The van der Waals surface area contributed by atoms with E-state index in [2.05, 4.69) is 0 Å². The number of rotatable bonds is 2. The summed E-state index contributed by atoms with van der Waals surface area (Å²) in [6, 6.07) is 0. The molecule has 0 aliphatic rings. The molecule has 0 aliphatic carbocycles. The number of methoxy groups -OCH3 is 1. The van der Waals surface area contributed by atoms with Crippen molar-refractivity contribution in [2.75, 3.05) is 7.11 Å². The third-order valence-electron chi connectivity index (χ3n) is 1.70. The smallest absolute Gasteiger partial charge is 0.0847 e. The minimum Gasteiger partial charge on any atom is -0.390 e. The van der Waals surface area contributed by atoms with Gasteiger partial charge in [-0.3, -0.25) is 0 Å². The van der Waals surface area contributed by atoms with Gasteiger partial charge in [-0.2, -0.15) is 0 Å². The summed E-state index contributed by atoms with van der Waals surface area (Å²) in [5.41, 5.74) is -0.0879. The maximum Gasteiger partial charge on any atom is 0.0847 e. The molecule has 0 amide bonds. The van der Waals surface area contributed by atoms with Crippen LogP contribution in [0.15, 0.2) is 0 Å². The Morgan fingerprint density at radius 1 is 1.30 bits per heavy atom. The maximum absolute atomic E-state index is 9.53. The van der Waals surface area contributed by atoms with Crippen molar-refractivity contribution in [2.45, 2.75) is 39.9 Å². The Morgan fingerprint density at radius 3 is 1.80 bits per heavy atom. The Morgan fingerprint density at radius 2 is 1.70 bits per heavy atom. The molecule has 0 fully saturated rings. The minimum atomic E-state index is -0.391. The lowest BCUT2D eigenvalue weighted by Crippen LogP contribution is -2.36. The number of hydrogen-bond acceptors (Lipinski definition) is 2. The molecule has 0 bridgehead atoms. The molecule has 0 aromatic heterocycles. The summed E-state index contributed by atoms with van der Waals surface area (Å²) < 4.78 is 4.99. The third kappa shape index (κ3) is 2.67. The molecule has 62 valence electrons. The van der Waals surface area contributed by atoms with Crippen LogP contribution in [0.1, 0.15) is 27.7 Å². The zero-order valence-electron chi connectivity index (χ0n) is 7.51. The largest absolute Gasteiger partial charge is 0.390 e. The molecule has 0 saturated heterocycles. The third-order valence-corrected chi connectivity index (χ3v) is 1.70. The molecule has 0 rings (SSSR count). The molecule has 0 saturated carbocycles. The van der Waals surface area contributed by atoms with E-state index in [9.17, 15) is 5.11 Å². The highest BCUT2D eigenvalue weighted by molar-refractivity contribution is 4.77. The van der Waals surface area contributed by atoms with Gasteiger partial charge in [0.05, 0.1) is 12.2 Å². The van der Waals surface area contributed by atoms with Gasteiger partial charge >= 0.3 is 0 Å². The Labute approximate surface area is 63.2 Å². The van der Waals surface area contributed by atoms with Crippen molar-refractivity contribution >= 4 is 0 Å². The van der Waals surface area contributed by atoms with E-state index >= 15 is 0 Å². The zero-order chi connectivity index (χ0) is 8.36. The van der Waals surface area contributed by atoms with Crippen LogP contribution < -0.4 is 0 Å². The lowest BCUT2D eigenvalue weighted by atomic mass is 9.86. The van der Waals surface area contributed by atoms with Crippen LogP contribution in [-0.4, -0.2) is 24.4 Å². The van der Waals surface area contributed by atoms with E-state index in [1.807, 2.05) is 27.7 Å². The Balaban J connectivity index is 3.94. The quantitative estimate of drug-likeness (QED) is 0.638. The van der Waals surface area contributed by atoms with E-state index in [-0.39, 0.29) is 11.5 Å². The lowest BCUT2D eigenvalue weighted by molar-refractivity contribution is -0.0551. The fourth-order valence-electron chi connectivity index (χ4n) is 0.833. The van der Waals surface area contributed by atoms with Gasteiger partial charge in [-0.15, -0.1) is 0 Å². The molecule has 0 aromatic carbocycles. The second-order valence-electron chi connectivity index (χ2n) is 3.75. The van der Waals surface area contributed by atoms with Crippen LogP contribution in [0, 0.1) is 5.41 Å². The summed E-state index contributed by atoms with van der Waals surface area (Å²) in [6.07, 6.45) is -0.475. The first kappa shape index (κ1) is 9.92. The first-order valence-electron chi connectivity index (χ1n) is 3.60. The molecular weight excluding hydrogens is 128 g/mol. The van der Waals surface area contributed by atoms with Crippen molar-refractivity contribution in [3.63, 3.8) is 0 Å². The summed E-state index contributed by atoms with van der Waals surface area (Å²) in [5, 5.41) is 9.53. The van der Waals surface area contributed by atoms with Gasteiger partial charge in [0.25, 0.3) is 0 Å². The minimum absolute atomic E-state index is 0.0833. The summed E-state index contributed by atoms with van der Waals surface area (Å²) in [7, 11) is 1.61. The van der Waals surface area contributed by atoms with Crippen LogP contribution >= 0.6 is 0 Å². The van der Waals surface area contributed by atoms with Crippen LogP contribution in [-0.2, 0) is 4.74 Å². The Bertz CT molecular complexity index is 93.9. The molecule has 1 N–H and O–H groups in total. The van der Waals surface area contributed by atoms with E-state index in [1.54, 1.807) is 7.11 Å². The number of hydrogen-bond donors (Lipinski definition) is 1. The summed E-state index contributed by atoms with van der Waals surface area (Å²) in [6.45, 7) is 7.85. The summed E-state index contributed by atoms with van der Waals surface area (Å²) in [5.74, 6) is 0. The first-order chi connectivity index (χ1) is 4.39. The zero-order valence-corrected chi connectivity index (χ0v) is 7.51. The molecule has 2 nitrogen and oxygen atoms in total. The molecular formula is C8H18O2. The monoisotopic (exact) mass is 146 g/mol. The van der Waals surface area contributed by atoms with Gasteiger partial charge in [0.1, 0.15) is 0 Å². The van der Waals surface area contributed by atoms with Crippen LogP contribution in [0.4, 0.5) is 0 Å². The highest BCUT2D eigenvalue weighted by atomic mass is 16.5. The molecule has 0 heterocycles. The fourth-order valence-corrected chi connectivity index (χ4v) is 0.833. The number of aliphatic hydroxyl groups is 1. The van der Waals surface area contributed by atoms with Gasteiger partial charge in [-0.25, -0.2) is 0 Å². The second kappa shape index (κ2) is 3.35. The van der Waals surface area contributed by atoms with E-state index in [4.69, 9.17) is 4.74 Å². The van der Waals surface area contributed by atoms with E-state index in [1.165, 1.54) is 0 Å². The molecule has 10 heavy (non-hydrogen) atoms. The van der Waals surface area contributed by atoms with Gasteiger partial charge in [0.15, 0.2) is 0 Å². The van der Waals surface area contributed by atoms with Gasteiger partial charge in [0.2, 0.25) is 0 Å². The highest BCUT2D eigenvalue weighted by Gasteiger charge is 2.27. The molecule has 0 aliphatic heterocycles. The SMILES string of the molecule is COC(C)C(O)C(C)(C)C. The molecule has 0 radical (unpaired) electrons. The fraction of sp³-hybridized carbons (Fsp3) is 1.00. The van der Waals surface area contributed by atoms with Crippen LogP contribution in [0.5, 0.6) is 0 Å². The van der Waals surface area contributed by atoms with Crippen molar-refractivity contribution in [3.05, 3.63) is 0 Å². The lowest BCUT2D eigenvalue weighted by Gasteiger charge is -2.29. The Kier molecular flexibility index (Phi) is 3.33. The van der Waals surface area contributed by atoms with Crippen LogP contribution in [0.25, 0.3) is 0 Å². The van der Waals surface area contributed by atoms with Gasteiger partial charge in [-0.05, 0) is 12.3 Å². The van der Waals surface area contributed by atoms with Crippen molar-refractivity contribution in [1.29, 1.82) is 0 Å². The number of ether oxygens (including phenoxy) is 1. The summed E-state index contributed by atoms with van der Waals surface area (Å²) >= 11 is 0. The van der Waals surface area contributed by atoms with Crippen molar-refractivity contribution < 1.29 is 9.84 Å². The normalized spacial score (nSPS) is 18.6. The second-order valence-corrected chi connectivity index (χ2v) is 3.75. The maximum atomic E-state index is 9.53. The first-order valence-corrected chi connectivity index (χ1v) is 3.60. The van der Waals surface area contributed by atoms with E-state index in [0.717, 1.165) is 0 Å². The molecule has 2 unspecified atom stereocenters. The Hall–Kier alpha value is -0.0800. The van der Waals surface area contributed by atoms with Crippen molar-refractivity contribution in [1.82, 2.24) is 0 Å². The standard InChI is InChI=1S/C8H18O2/c1-6(10-5)7(9)8(2,3)4/h6-7,9H,1-5H3. The van der Waals surface area contributed by atoms with E-state index < -0.39 is 6.10 Å². The van der Waals surface area contributed by atoms with Crippen molar-refractivity contribution in [3.8, 4) is 0 Å². The van der Waals surface area contributed by atoms with E-state index in [0.29, 0.717) is 0 Å². The average Bonchev–Trinajstić information content (AvgIpc) is 1.83. The molecule has 2 atom stereocenters. The average molecular weight is 146 g/mol. The van der Waals surface area contributed by atoms with Gasteiger partial charge in [-0.1, -0.05) is 20.8 Å². The van der Waals surface area contributed by atoms with Crippen LogP contribution in [0.3, 0.4) is 0 Å². The topological polar surface area (TPSA) is 29.5 Å². The molecule has 0 aromatic rings. The van der Waals surface area contributed by atoms with Gasteiger partial charge in [0, 0.05) is 7.11 Å².